The zero-order valence-electron chi connectivity index (χ0n) is 15.1. The van der Waals surface area contributed by atoms with Gasteiger partial charge in [-0.25, -0.2) is 18.4 Å². The summed E-state index contributed by atoms with van der Waals surface area (Å²) in [4.78, 5) is 20.9. The summed E-state index contributed by atoms with van der Waals surface area (Å²) < 4.78 is 31.7. The van der Waals surface area contributed by atoms with Crippen molar-refractivity contribution < 1.29 is 17.9 Å². The molecule has 1 unspecified atom stereocenters. The molecule has 3 aromatic rings. The fourth-order valence-electron chi connectivity index (χ4n) is 2.71. The zero-order chi connectivity index (χ0) is 20.0. The molecule has 1 heterocycles. The zero-order valence-corrected chi connectivity index (χ0v) is 16.0. The minimum Gasteiger partial charge on any atom is -0.465 e. The molecule has 28 heavy (non-hydrogen) atoms. The molecule has 1 atom stereocenters. The van der Waals surface area contributed by atoms with Crippen LogP contribution in [0.25, 0.3) is 0 Å². The molecule has 3 rings (SSSR count). The molecule has 0 aliphatic rings. The number of aromatic nitrogens is 2. The monoisotopic (exact) mass is 397 g/mol. The highest BCUT2D eigenvalue weighted by atomic mass is 32.2. The van der Waals surface area contributed by atoms with E-state index >= 15 is 0 Å². The van der Waals surface area contributed by atoms with Gasteiger partial charge in [-0.2, -0.15) is 0 Å². The van der Waals surface area contributed by atoms with Crippen LogP contribution in [0.2, 0.25) is 0 Å². The summed E-state index contributed by atoms with van der Waals surface area (Å²) in [7, 11) is -4.05. The van der Waals surface area contributed by atoms with E-state index in [2.05, 4.69) is 15.3 Å². The lowest BCUT2D eigenvalue weighted by Crippen LogP contribution is -2.25. The molecule has 0 bridgehead atoms. The summed E-state index contributed by atoms with van der Waals surface area (Å²) >= 11 is 0. The Kier molecular flexibility index (Phi) is 6.00. The number of rotatable bonds is 7. The van der Waals surface area contributed by atoms with Gasteiger partial charge < -0.3 is 10.1 Å². The van der Waals surface area contributed by atoms with Gasteiger partial charge in [0.05, 0.1) is 11.5 Å². The maximum absolute atomic E-state index is 13.3. The van der Waals surface area contributed by atoms with Crippen LogP contribution in [0.3, 0.4) is 0 Å². The van der Waals surface area contributed by atoms with Crippen molar-refractivity contribution in [2.45, 2.75) is 17.1 Å². The number of carbonyl (C=O) groups is 1. The Labute approximate surface area is 163 Å². The Hall–Kier alpha value is -3.26. The van der Waals surface area contributed by atoms with E-state index < -0.39 is 21.1 Å². The summed E-state index contributed by atoms with van der Waals surface area (Å²) in [6, 6.07) is 16.1. The second-order valence-electron chi connectivity index (χ2n) is 5.77. The van der Waals surface area contributed by atoms with Crippen molar-refractivity contribution in [2.24, 2.45) is 0 Å². The van der Waals surface area contributed by atoms with Gasteiger partial charge >= 0.3 is 5.97 Å². The predicted molar refractivity (Wildman–Crippen MR) is 105 cm³/mol. The molecule has 0 radical (unpaired) electrons. The molecule has 0 spiro atoms. The van der Waals surface area contributed by atoms with E-state index in [-0.39, 0.29) is 23.0 Å². The predicted octanol–water partition coefficient (Wildman–Crippen LogP) is 3.30. The molecule has 0 saturated carbocycles. The van der Waals surface area contributed by atoms with E-state index in [0.717, 1.165) is 0 Å². The molecule has 1 aromatic heterocycles. The average molecular weight is 397 g/mol. The van der Waals surface area contributed by atoms with Gasteiger partial charge in [-0.1, -0.05) is 36.4 Å². The number of nitrogens with zero attached hydrogens (tertiary/aromatic N) is 2. The van der Waals surface area contributed by atoms with E-state index in [1.165, 1.54) is 12.1 Å². The Morgan fingerprint density at radius 1 is 1.00 bits per heavy atom. The largest absolute Gasteiger partial charge is 0.465 e. The molecule has 0 aliphatic heterocycles. The van der Waals surface area contributed by atoms with Crippen LogP contribution in [0.4, 0.5) is 11.6 Å². The molecule has 0 fully saturated rings. The third kappa shape index (κ3) is 4.17. The number of ether oxygens (including phenoxy) is 1. The van der Waals surface area contributed by atoms with E-state index in [1.54, 1.807) is 67.8 Å². The maximum Gasteiger partial charge on any atom is 0.329 e. The molecule has 0 aliphatic carbocycles. The van der Waals surface area contributed by atoms with Crippen molar-refractivity contribution in [3.8, 4) is 0 Å². The summed E-state index contributed by atoms with van der Waals surface area (Å²) in [6.45, 7) is 1.70. The minimum absolute atomic E-state index is 0.0406. The van der Waals surface area contributed by atoms with Crippen LogP contribution in [-0.2, 0) is 19.4 Å². The van der Waals surface area contributed by atoms with Crippen LogP contribution in [0, 0.1) is 0 Å². The standard InChI is InChI=1S/C20H19N3O4S/c1-2-27-19(24)18(28(25,26)15-9-4-3-5-10-15)16-11-6-7-12-17(16)23-20-21-13-8-14-22-20/h3-14,18H,2H2,1H3,(H,21,22,23). The minimum atomic E-state index is -4.05. The van der Waals surface area contributed by atoms with Crippen molar-refractivity contribution in [2.75, 3.05) is 11.9 Å². The quantitative estimate of drug-likeness (QED) is 0.611. The van der Waals surface area contributed by atoms with Gasteiger partial charge in [-0.3, -0.25) is 4.79 Å². The number of hydrogen-bond donors (Lipinski definition) is 1. The summed E-state index contributed by atoms with van der Waals surface area (Å²) in [6.07, 6.45) is 3.11. The SMILES string of the molecule is CCOC(=O)C(c1ccccc1Nc1ncccn1)S(=O)(=O)c1ccccc1. The lowest BCUT2D eigenvalue weighted by molar-refractivity contribution is -0.142. The van der Waals surface area contributed by atoms with Crippen LogP contribution in [0.15, 0.2) is 78.0 Å². The normalized spacial score (nSPS) is 12.2. The highest BCUT2D eigenvalue weighted by Crippen LogP contribution is 2.35. The maximum atomic E-state index is 13.3. The van der Waals surface area contributed by atoms with Gasteiger partial charge in [0.1, 0.15) is 0 Å². The van der Waals surface area contributed by atoms with Gasteiger partial charge in [0.2, 0.25) is 5.95 Å². The summed E-state index contributed by atoms with van der Waals surface area (Å²) in [5.41, 5.74) is 0.670. The van der Waals surface area contributed by atoms with Gasteiger partial charge in [-0.05, 0) is 31.2 Å². The van der Waals surface area contributed by atoms with Crippen LogP contribution in [-0.4, -0.2) is 31.0 Å². The molecule has 8 heteroatoms. The van der Waals surface area contributed by atoms with Gasteiger partial charge in [0.15, 0.2) is 15.1 Å². The third-order valence-electron chi connectivity index (χ3n) is 3.94. The first-order valence-corrected chi connectivity index (χ1v) is 10.2. The third-order valence-corrected chi connectivity index (χ3v) is 5.93. The Bertz CT molecular complexity index is 1040. The second-order valence-corrected chi connectivity index (χ2v) is 7.81. The fourth-order valence-corrected chi connectivity index (χ4v) is 4.38. The first-order valence-electron chi connectivity index (χ1n) is 8.62. The van der Waals surface area contributed by atoms with Crippen LogP contribution >= 0.6 is 0 Å². The van der Waals surface area contributed by atoms with Gasteiger partial charge in [0, 0.05) is 23.6 Å². The Morgan fingerprint density at radius 3 is 2.32 bits per heavy atom. The van der Waals surface area contributed by atoms with Gasteiger partial charge in [0.25, 0.3) is 0 Å². The molecule has 1 N–H and O–H groups in total. The van der Waals surface area contributed by atoms with Crippen molar-refractivity contribution in [1.82, 2.24) is 9.97 Å². The van der Waals surface area contributed by atoms with Crippen molar-refractivity contribution in [3.63, 3.8) is 0 Å². The molecular formula is C20H19N3O4S. The topological polar surface area (TPSA) is 98.2 Å². The number of esters is 1. The van der Waals surface area contributed by atoms with Gasteiger partial charge in [-0.15, -0.1) is 0 Å². The second kappa shape index (κ2) is 8.62. The van der Waals surface area contributed by atoms with Crippen molar-refractivity contribution in [1.29, 1.82) is 0 Å². The molecule has 144 valence electrons. The van der Waals surface area contributed by atoms with E-state index in [9.17, 15) is 13.2 Å². The Balaban J connectivity index is 2.11. The number of nitrogens with one attached hydrogen (secondary N) is 1. The highest BCUT2D eigenvalue weighted by molar-refractivity contribution is 7.92. The van der Waals surface area contributed by atoms with E-state index in [4.69, 9.17) is 4.74 Å². The molecule has 0 saturated heterocycles. The lowest BCUT2D eigenvalue weighted by atomic mass is 10.1. The fraction of sp³-hybridized carbons (Fsp3) is 0.150. The highest BCUT2D eigenvalue weighted by Gasteiger charge is 2.38. The lowest BCUT2D eigenvalue weighted by Gasteiger charge is -2.20. The summed E-state index contributed by atoms with van der Waals surface area (Å²) in [5.74, 6) is -0.552. The molecule has 0 amide bonds. The smallest absolute Gasteiger partial charge is 0.329 e. The molecular weight excluding hydrogens is 378 g/mol. The van der Waals surface area contributed by atoms with E-state index in [0.29, 0.717) is 5.69 Å². The first kappa shape index (κ1) is 19.5. The van der Waals surface area contributed by atoms with Crippen LogP contribution in [0.5, 0.6) is 0 Å². The number of sulfone groups is 1. The Morgan fingerprint density at radius 2 is 1.64 bits per heavy atom. The number of hydrogen-bond acceptors (Lipinski definition) is 7. The number of carbonyl (C=O) groups excluding carboxylic acids is 1. The van der Waals surface area contributed by atoms with Crippen LogP contribution in [0.1, 0.15) is 17.7 Å². The molecule has 7 nitrogen and oxygen atoms in total. The average Bonchev–Trinajstić information content (AvgIpc) is 2.71. The number of benzene rings is 2. The summed E-state index contributed by atoms with van der Waals surface area (Å²) in [5, 5.41) is 1.45. The molecule has 2 aromatic carbocycles. The van der Waals surface area contributed by atoms with Crippen LogP contribution < -0.4 is 5.32 Å². The first-order chi connectivity index (χ1) is 13.5. The van der Waals surface area contributed by atoms with E-state index in [1.807, 2.05) is 0 Å². The van der Waals surface area contributed by atoms with Crippen molar-refractivity contribution in [3.05, 3.63) is 78.6 Å². The van der Waals surface area contributed by atoms with Crippen molar-refractivity contribution >= 4 is 27.4 Å². The number of para-hydroxylation sites is 1. The number of anilines is 2.